The van der Waals surface area contributed by atoms with Crippen molar-refractivity contribution < 1.29 is 19.4 Å². The van der Waals surface area contributed by atoms with Gasteiger partial charge in [-0.1, -0.05) is 18.5 Å². The molecule has 8 heteroatoms. The number of carbonyl (C=O) groups excluding carboxylic acids is 1. The highest BCUT2D eigenvalue weighted by atomic mass is 35.5. The summed E-state index contributed by atoms with van der Waals surface area (Å²) in [6.45, 7) is 2.25. The van der Waals surface area contributed by atoms with E-state index < -0.39 is 5.97 Å². The molecule has 1 fully saturated rings. The van der Waals surface area contributed by atoms with Gasteiger partial charge in [-0.05, 0) is 19.3 Å². The van der Waals surface area contributed by atoms with Gasteiger partial charge in [0, 0.05) is 13.0 Å². The van der Waals surface area contributed by atoms with E-state index in [0.717, 1.165) is 12.8 Å². The molecule has 20 heavy (non-hydrogen) atoms. The fourth-order valence-electron chi connectivity index (χ4n) is 2.01. The number of hydrogen-bond donors (Lipinski definition) is 2. The highest BCUT2D eigenvalue weighted by Crippen LogP contribution is 2.32. The molecular formula is C12H16ClN3O4. The largest absolute Gasteiger partial charge is 0.476 e. The zero-order chi connectivity index (χ0) is 14.7. The molecule has 1 atom stereocenters. The summed E-state index contributed by atoms with van der Waals surface area (Å²) >= 11 is 6.15. The predicted molar refractivity (Wildman–Crippen MR) is 72.0 cm³/mol. The van der Waals surface area contributed by atoms with Crippen molar-refractivity contribution in [3.05, 3.63) is 10.8 Å². The molecule has 0 spiro atoms. The van der Waals surface area contributed by atoms with Crippen LogP contribution in [0.2, 0.25) is 5.15 Å². The Morgan fingerprint density at radius 1 is 1.55 bits per heavy atom. The number of rotatable bonds is 4. The van der Waals surface area contributed by atoms with E-state index in [1.165, 1.54) is 4.68 Å². The molecule has 2 rings (SSSR count). The fourth-order valence-corrected chi connectivity index (χ4v) is 2.29. The molecule has 0 saturated carbocycles. The number of hydrogen-bond acceptors (Lipinski definition) is 4. The maximum Gasteiger partial charge on any atom is 0.358 e. The Hall–Kier alpha value is -1.60. The van der Waals surface area contributed by atoms with Gasteiger partial charge in [0.2, 0.25) is 5.91 Å². The van der Waals surface area contributed by atoms with Crippen LogP contribution in [0, 0.1) is 0 Å². The summed E-state index contributed by atoms with van der Waals surface area (Å²) < 4.78 is 6.86. The molecule has 110 valence electrons. The molecule has 2 heterocycles. The molecule has 1 saturated heterocycles. The first-order valence-electron chi connectivity index (χ1n) is 6.47. The van der Waals surface area contributed by atoms with Gasteiger partial charge in [-0.25, -0.2) is 9.48 Å². The predicted octanol–water partition coefficient (Wildman–Crippen LogP) is 2.28. The second-order valence-corrected chi connectivity index (χ2v) is 4.85. The van der Waals surface area contributed by atoms with Crippen LogP contribution in [-0.4, -0.2) is 33.4 Å². The Balaban J connectivity index is 2.36. The molecule has 7 nitrogen and oxygen atoms in total. The molecule has 0 radical (unpaired) electrons. The number of carboxylic acid groups (broad SMARTS) is 1. The maximum atomic E-state index is 11.5. The summed E-state index contributed by atoms with van der Waals surface area (Å²) in [6.07, 6.45) is 2.46. The van der Waals surface area contributed by atoms with Crippen LogP contribution in [0.3, 0.4) is 0 Å². The Morgan fingerprint density at radius 2 is 2.30 bits per heavy atom. The number of amides is 1. The minimum Gasteiger partial charge on any atom is -0.476 e. The first kappa shape index (κ1) is 14.8. The van der Waals surface area contributed by atoms with Crippen molar-refractivity contribution in [2.45, 2.75) is 38.8 Å². The second-order valence-electron chi connectivity index (χ2n) is 4.49. The number of aromatic carboxylic acids is 1. The monoisotopic (exact) mass is 301 g/mol. The number of carboxylic acids is 1. The summed E-state index contributed by atoms with van der Waals surface area (Å²) in [4.78, 5) is 22.7. The van der Waals surface area contributed by atoms with E-state index in [2.05, 4.69) is 10.4 Å². The lowest BCUT2D eigenvalue weighted by molar-refractivity contribution is -0.115. The van der Waals surface area contributed by atoms with E-state index in [-0.39, 0.29) is 35.1 Å². The summed E-state index contributed by atoms with van der Waals surface area (Å²) in [6, 6.07) is 0. The second kappa shape index (κ2) is 6.23. The number of carbonyl (C=O) groups is 2. The van der Waals surface area contributed by atoms with Crippen LogP contribution in [-0.2, 0) is 9.53 Å². The van der Waals surface area contributed by atoms with Gasteiger partial charge in [0.05, 0.1) is 0 Å². The van der Waals surface area contributed by atoms with Crippen molar-refractivity contribution in [1.29, 1.82) is 0 Å². The van der Waals surface area contributed by atoms with Crippen molar-refractivity contribution in [3.8, 4) is 0 Å². The first-order chi connectivity index (χ1) is 9.54. The van der Waals surface area contributed by atoms with Gasteiger partial charge < -0.3 is 15.2 Å². The third kappa shape index (κ3) is 2.94. The van der Waals surface area contributed by atoms with Gasteiger partial charge >= 0.3 is 5.97 Å². The van der Waals surface area contributed by atoms with E-state index in [0.29, 0.717) is 13.0 Å². The summed E-state index contributed by atoms with van der Waals surface area (Å²) in [7, 11) is 0. The Bertz CT molecular complexity index is 523. The smallest absolute Gasteiger partial charge is 0.358 e. The van der Waals surface area contributed by atoms with Crippen LogP contribution < -0.4 is 5.32 Å². The number of halogens is 1. The molecule has 1 unspecified atom stereocenters. The normalized spacial score (nSPS) is 18.8. The van der Waals surface area contributed by atoms with E-state index >= 15 is 0 Å². The lowest BCUT2D eigenvalue weighted by Gasteiger charge is -2.23. The number of anilines is 1. The zero-order valence-corrected chi connectivity index (χ0v) is 11.8. The van der Waals surface area contributed by atoms with Gasteiger partial charge in [-0.3, -0.25) is 4.79 Å². The van der Waals surface area contributed by atoms with Gasteiger partial charge in [0.1, 0.15) is 5.69 Å². The van der Waals surface area contributed by atoms with Crippen molar-refractivity contribution in [3.63, 3.8) is 0 Å². The zero-order valence-electron chi connectivity index (χ0n) is 11.1. The quantitative estimate of drug-likeness (QED) is 0.890. The van der Waals surface area contributed by atoms with Crippen molar-refractivity contribution in [2.24, 2.45) is 0 Å². The third-order valence-electron chi connectivity index (χ3n) is 3.07. The van der Waals surface area contributed by atoms with Crippen LogP contribution in [0.1, 0.15) is 49.3 Å². The molecule has 0 aliphatic carbocycles. The Labute approximate surface area is 120 Å². The molecule has 1 aromatic rings. The maximum absolute atomic E-state index is 11.5. The fraction of sp³-hybridized carbons (Fsp3) is 0.583. The summed E-state index contributed by atoms with van der Waals surface area (Å²) in [5.74, 6) is -1.56. The molecule has 2 N–H and O–H groups in total. The highest BCUT2D eigenvalue weighted by molar-refractivity contribution is 6.33. The lowest BCUT2D eigenvalue weighted by Crippen LogP contribution is -2.19. The standard InChI is InChI=1S/C12H16ClN3O4/c1-2-7(17)14-9-10(12(18)19)15-16(11(9)13)8-5-3-4-6-20-8/h8H,2-6H2,1H3,(H,14,17)(H,18,19). The first-order valence-corrected chi connectivity index (χ1v) is 6.85. The van der Waals surface area contributed by atoms with Gasteiger partial charge in [0.25, 0.3) is 0 Å². The summed E-state index contributed by atoms with van der Waals surface area (Å²) in [5.41, 5.74) is -0.244. The average Bonchev–Trinajstić information content (AvgIpc) is 2.77. The number of ether oxygens (including phenoxy) is 1. The Kier molecular flexibility index (Phi) is 4.61. The van der Waals surface area contributed by atoms with Crippen LogP contribution in [0.5, 0.6) is 0 Å². The molecule has 1 aromatic heterocycles. The molecule has 0 bridgehead atoms. The van der Waals surface area contributed by atoms with Gasteiger partial charge in [-0.2, -0.15) is 5.10 Å². The van der Waals surface area contributed by atoms with Crippen LogP contribution in [0.25, 0.3) is 0 Å². The van der Waals surface area contributed by atoms with E-state index in [1.54, 1.807) is 6.92 Å². The topological polar surface area (TPSA) is 93.5 Å². The number of nitrogens with one attached hydrogen (secondary N) is 1. The average molecular weight is 302 g/mol. The van der Waals surface area contributed by atoms with E-state index in [1.807, 2.05) is 0 Å². The van der Waals surface area contributed by atoms with Gasteiger partial charge in [-0.15, -0.1) is 0 Å². The van der Waals surface area contributed by atoms with Crippen LogP contribution >= 0.6 is 11.6 Å². The highest BCUT2D eigenvalue weighted by Gasteiger charge is 2.27. The van der Waals surface area contributed by atoms with E-state index in [4.69, 9.17) is 21.4 Å². The molecular weight excluding hydrogens is 286 g/mol. The molecule has 1 amide bonds. The molecule has 0 aromatic carbocycles. The summed E-state index contributed by atoms with van der Waals surface area (Å²) in [5, 5.41) is 15.7. The van der Waals surface area contributed by atoms with E-state index in [9.17, 15) is 9.59 Å². The minimum absolute atomic E-state index is 0.0280. The number of nitrogens with zero attached hydrogens (tertiary/aromatic N) is 2. The molecule has 1 aliphatic rings. The molecule has 1 aliphatic heterocycles. The SMILES string of the molecule is CCC(=O)Nc1c(C(=O)O)nn(C2CCCCO2)c1Cl. The minimum atomic E-state index is -1.24. The van der Waals surface area contributed by atoms with Crippen molar-refractivity contribution in [1.82, 2.24) is 9.78 Å². The Morgan fingerprint density at radius 3 is 2.85 bits per heavy atom. The van der Waals surface area contributed by atoms with Crippen LogP contribution in [0.4, 0.5) is 5.69 Å². The van der Waals surface area contributed by atoms with Crippen molar-refractivity contribution in [2.75, 3.05) is 11.9 Å². The van der Waals surface area contributed by atoms with Crippen molar-refractivity contribution >= 4 is 29.2 Å². The van der Waals surface area contributed by atoms with Crippen LogP contribution in [0.15, 0.2) is 0 Å². The third-order valence-corrected chi connectivity index (χ3v) is 3.43. The van der Waals surface area contributed by atoms with Gasteiger partial charge in [0.15, 0.2) is 17.1 Å². The lowest BCUT2D eigenvalue weighted by atomic mass is 10.2. The number of aromatic nitrogens is 2.